The Morgan fingerprint density at radius 2 is 2.00 bits per heavy atom. The van der Waals surface area contributed by atoms with Gasteiger partial charge in [-0.15, -0.1) is 0 Å². The van der Waals surface area contributed by atoms with Gasteiger partial charge in [0.05, 0.1) is 0 Å². The summed E-state index contributed by atoms with van der Waals surface area (Å²) in [6.07, 6.45) is 0.450. The van der Waals surface area contributed by atoms with Gasteiger partial charge in [0, 0.05) is 7.05 Å². The Morgan fingerprint density at radius 1 is 1.40 bits per heavy atom. The first-order chi connectivity index (χ1) is 9.34. The quantitative estimate of drug-likeness (QED) is 0.222. The molecule has 0 aliphatic carbocycles. The maximum absolute atomic E-state index is 11.6. The summed E-state index contributed by atoms with van der Waals surface area (Å²) >= 11 is 0. The molecule has 0 radical (unpaired) electrons. The summed E-state index contributed by atoms with van der Waals surface area (Å²) in [5, 5.41) is 7.86. The third kappa shape index (κ3) is 5.10. The summed E-state index contributed by atoms with van der Waals surface area (Å²) in [6.45, 7) is -0.304. The van der Waals surface area contributed by atoms with Crippen molar-refractivity contribution in [1.82, 2.24) is 9.79 Å². The minimum absolute atomic E-state index is 0.0774. The number of nitrogens with zero attached hydrogens (tertiary/aromatic N) is 2. The summed E-state index contributed by atoms with van der Waals surface area (Å²) in [6, 6.07) is 9.02. The van der Waals surface area contributed by atoms with Crippen LogP contribution in [0.3, 0.4) is 0 Å². The van der Waals surface area contributed by atoms with Crippen molar-refractivity contribution in [3.05, 3.63) is 35.9 Å². The summed E-state index contributed by atoms with van der Waals surface area (Å²) in [5.74, 6) is -0.656. The van der Waals surface area contributed by atoms with Crippen LogP contribution in [0.4, 0.5) is 0 Å². The van der Waals surface area contributed by atoms with Crippen molar-refractivity contribution in [3.8, 4) is 0 Å². The smallest absolute Gasteiger partial charge is 0.445 e. The van der Waals surface area contributed by atoms with E-state index in [-0.39, 0.29) is 13.2 Å². The Morgan fingerprint density at radius 3 is 2.50 bits per heavy atom. The number of carbonyl (C=O) groups excluding carboxylic acids is 1. The molecule has 9 heteroatoms. The second-order valence-electron chi connectivity index (χ2n) is 3.92. The standard InChI is InChI=1S/C11H16N3O5P/c1-13(14(9-12)20(16,17)18)7-11(15)19-8-10-5-3-2-4-6-10/h2-6,9,12H,7-8H2,1H3,(H2,16,17,18). The van der Waals surface area contributed by atoms with E-state index < -0.39 is 13.7 Å². The molecule has 8 nitrogen and oxygen atoms in total. The molecule has 1 aromatic carbocycles. The van der Waals surface area contributed by atoms with E-state index >= 15 is 0 Å². The number of ether oxygens (including phenoxy) is 1. The minimum Gasteiger partial charge on any atom is -0.460 e. The molecule has 1 rings (SSSR count). The second-order valence-corrected chi connectivity index (χ2v) is 5.36. The van der Waals surface area contributed by atoms with E-state index in [1.165, 1.54) is 7.05 Å². The van der Waals surface area contributed by atoms with E-state index in [1.807, 2.05) is 6.07 Å². The normalized spacial score (nSPS) is 11.2. The van der Waals surface area contributed by atoms with Crippen LogP contribution in [0.2, 0.25) is 0 Å². The highest BCUT2D eigenvalue weighted by atomic mass is 31.2. The van der Waals surface area contributed by atoms with Gasteiger partial charge in [-0.1, -0.05) is 30.3 Å². The van der Waals surface area contributed by atoms with Crippen LogP contribution < -0.4 is 0 Å². The maximum atomic E-state index is 11.6. The van der Waals surface area contributed by atoms with E-state index in [9.17, 15) is 9.36 Å². The predicted molar refractivity (Wildman–Crippen MR) is 71.5 cm³/mol. The zero-order valence-corrected chi connectivity index (χ0v) is 11.7. The first-order valence-corrected chi connectivity index (χ1v) is 7.17. The Bertz CT molecular complexity index is 504. The average Bonchev–Trinajstić information content (AvgIpc) is 2.36. The molecule has 3 N–H and O–H groups in total. The fraction of sp³-hybridized carbons (Fsp3) is 0.273. The van der Waals surface area contributed by atoms with Crippen LogP contribution in [0.5, 0.6) is 0 Å². The monoisotopic (exact) mass is 301 g/mol. The maximum Gasteiger partial charge on any atom is 0.445 e. The highest BCUT2D eigenvalue weighted by Crippen LogP contribution is 2.39. The van der Waals surface area contributed by atoms with Crippen molar-refractivity contribution in [1.29, 1.82) is 5.41 Å². The summed E-state index contributed by atoms with van der Waals surface area (Å²) in [4.78, 5) is 29.5. The Kier molecular flexibility index (Phi) is 5.84. The van der Waals surface area contributed by atoms with Crippen molar-refractivity contribution in [2.75, 3.05) is 13.6 Å². The molecule has 0 fully saturated rings. The van der Waals surface area contributed by atoms with Gasteiger partial charge in [-0.3, -0.25) is 10.2 Å². The van der Waals surface area contributed by atoms with Crippen LogP contribution in [0.1, 0.15) is 5.56 Å². The molecule has 0 aliphatic rings. The highest BCUT2D eigenvalue weighted by molar-refractivity contribution is 7.49. The molecule has 1 aromatic rings. The lowest BCUT2D eigenvalue weighted by Crippen LogP contribution is -2.39. The van der Waals surface area contributed by atoms with Gasteiger partial charge in [0.2, 0.25) is 0 Å². The summed E-state index contributed by atoms with van der Waals surface area (Å²) in [7, 11) is -3.39. The molecule has 0 aliphatic heterocycles. The van der Waals surface area contributed by atoms with Gasteiger partial charge in [-0.25, -0.2) is 9.57 Å². The van der Waals surface area contributed by atoms with Crippen molar-refractivity contribution in [2.24, 2.45) is 0 Å². The van der Waals surface area contributed by atoms with Crippen LogP contribution in [-0.4, -0.2) is 45.5 Å². The van der Waals surface area contributed by atoms with E-state index in [2.05, 4.69) is 0 Å². The molecule has 0 heterocycles. The number of carbonyl (C=O) groups is 1. The lowest BCUT2D eigenvalue weighted by atomic mass is 10.2. The van der Waals surface area contributed by atoms with Gasteiger partial charge in [-0.05, 0) is 5.56 Å². The molecule has 0 saturated heterocycles. The Hall–Kier alpha value is -1.73. The van der Waals surface area contributed by atoms with Crippen LogP contribution in [-0.2, 0) is 20.7 Å². The van der Waals surface area contributed by atoms with Gasteiger partial charge in [0.25, 0.3) is 0 Å². The first-order valence-electron chi connectivity index (χ1n) is 5.61. The number of rotatable bonds is 7. The topological polar surface area (TPSA) is 114 Å². The van der Waals surface area contributed by atoms with Crippen molar-refractivity contribution in [3.63, 3.8) is 0 Å². The van der Waals surface area contributed by atoms with Gasteiger partial charge in [0.15, 0.2) is 0 Å². The van der Waals surface area contributed by atoms with Crippen molar-refractivity contribution >= 4 is 20.1 Å². The van der Waals surface area contributed by atoms with Gasteiger partial charge < -0.3 is 14.5 Å². The summed E-state index contributed by atoms with van der Waals surface area (Å²) in [5.41, 5.74) is 0.808. The van der Waals surface area contributed by atoms with Crippen molar-refractivity contribution in [2.45, 2.75) is 6.61 Å². The van der Waals surface area contributed by atoms with Crippen molar-refractivity contribution < 1.29 is 23.9 Å². The number of hydrogen-bond donors (Lipinski definition) is 3. The first kappa shape index (κ1) is 16.3. The number of nitrogens with one attached hydrogen (secondary N) is 1. The van der Waals surface area contributed by atoms with Gasteiger partial charge in [0.1, 0.15) is 19.5 Å². The number of likely N-dealkylation sites (N-methyl/N-ethyl adjacent to an activating group) is 1. The molecule has 0 amide bonds. The minimum atomic E-state index is -4.66. The fourth-order valence-corrected chi connectivity index (χ4v) is 2.03. The lowest BCUT2D eigenvalue weighted by molar-refractivity contribution is -0.147. The Labute approximate surface area is 116 Å². The molecule has 0 unspecified atom stereocenters. The third-order valence-corrected chi connectivity index (χ3v) is 3.29. The van der Waals surface area contributed by atoms with E-state index in [4.69, 9.17) is 19.9 Å². The van der Waals surface area contributed by atoms with Crippen LogP contribution in [0.15, 0.2) is 30.3 Å². The molecular formula is C11H16N3O5P. The molecule has 0 bridgehead atoms. The number of benzene rings is 1. The largest absolute Gasteiger partial charge is 0.460 e. The van der Waals surface area contributed by atoms with E-state index in [0.29, 0.717) is 11.1 Å². The SMILES string of the molecule is CN(CC(=O)OCc1ccccc1)N(C=N)P(=O)(O)O. The predicted octanol–water partition coefficient (Wildman–Crippen LogP) is 0.578. The zero-order chi connectivity index (χ0) is 15.2. The molecule has 0 spiro atoms. The number of hydrazine groups is 1. The van der Waals surface area contributed by atoms with Crippen LogP contribution in [0.25, 0.3) is 0 Å². The number of esters is 1. The van der Waals surface area contributed by atoms with Crippen LogP contribution >= 0.6 is 7.75 Å². The molecular weight excluding hydrogens is 285 g/mol. The third-order valence-electron chi connectivity index (χ3n) is 2.33. The molecule has 20 heavy (non-hydrogen) atoms. The second kappa shape index (κ2) is 7.16. The zero-order valence-electron chi connectivity index (χ0n) is 10.8. The van der Waals surface area contributed by atoms with Crippen LogP contribution in [0, 0.1) is 5.41 Å². The van der Waals surface area contributed by atoms with E-state index in [0.717, 1.165) is 10.6 Å². The van der Waals surface area contributed by atoms with E-state index in [1.54, 1.807) is 24.3 Å². The summed E-state index contributed by atoms with van der Waals surface area (Å²) < 4.78 is 16.4. The average molecular weight is 301 g/mol. The molecule has 110 valence electrons. The number of hydrogen-bond acceptors (Lipinski definition) is 5. The highest BCUT2D eigenvalue weighted by Gasteiger charge is 2.27. The molecule has 0 atom stereocenters. The molecule has 0 aromatic heterocycles. The van der Waals surface area contributed by atoms with Gasteiger partial charge in [-0.2, -0.15) is 4.78 Å². The lowest BCUT2D eigenvalue weighted by Gasteiger charge is -2.28. The Balaban J connectivity index is 2.49. The molecule has 0 saturated carbocycles. The van der Waals surface area contributed by atoms with Gasteiger partial charge >= 0.3 is 13.7 Å². The fourth-order valence-electron chi connectivity index (χ4n) is 1.42.